The van der Waals surface area contributed by atoms with Crippen molar-refractivity contribution in [3.8, 4) is 0 Å². The fourth-order valence-electron chi connectivity index (χ4n) is 0.230. The quantitative estimate of drug-likeness (QED) is 0.331. The molecule has 8 heavy (non-hydrogen) atoms. The summed E-state index contributed by atoms with van der Waals surface area (Å²) in [7, 11) is -1.83. The lowest BCUT2D eigenvalue weighted by Crippen LogP contribution is -2.14. The second kappa shape index (κ2) is 5.24. The summed E-state index contributed by atoms with van der Waals surface area (Å²) < 4.78 is 9.55. The van der Waals surface area contributed by atoms with E-state index in [9.17, 15) is 0 Å². The fraction of sp³-hybridized carbons (Fsp3) is 1.00. The molecule has 1 N–H and O–H groups in total. The summed E-state index contributed by atoms with van der Waals surface area (Å²) >= 11 is 0. The maximum absolute atomic E-state index is 8.62. The Bertz CT molecular complexity index is 48.5. The number of rotatable bonds is 4. The highest BCUT2D eigenvalue weighted by Gasteiger charge is 1.94. The molecule has 1 unspecified atom stereocenters. The first-order valence-corrected chi connectivity index (χ1v) is 4.79. The third-order valence-electron chi connectivity index (χ3n) is 0.597. The van der Waals surface area contributed by atoms with Crippen molar-refractivity contribution in [2.24, 2.45) is 0 Å². The molecule has 50 valence electrons. The number of hydrogen-bond acceptors (Lipinski definition) is 3. The van der Waals surface area contributed by atoms with E-state index < -0.39 is 9.28 Å². The van der Waals surface area contributed by atoms with Crippen molar-refractivity contribution < 1.29 is 14.0 Å². The third-order valence-corrected chi connectivity index (χ3v) is 1.22. The van der Waals surface area contributed by atoms with E-state index in [1.807, 2.05) is 6.92 Å². The van der Waals surface area contributed by atoms with Crippen LogP contribution >= 0.6 is 0 Å². The number of ether oxygens (including phenoxy) is 1. The van der Waals surface area contributed by atoms with Gasteiger partial charge in [-0.3, -0.25) is 0 Å². The van der Waals surface area contributed by atoms with Crippen LogP contribution in [0.25, 0.3) is 0 Å². The van der Waals surface area contributed by atoms with E-state index in [1.165, 1.54) is 0 Å². The SMILES string of the molecule is CCOCO[SiH](C)O. The maximum Gasteiger partial charge on any atom is 0.317 e. The smallest absolute Gasteiger partial charge is 0.317 e. The van der Waals surface area contributed by atoms with Gasteiger partial charge in [0.1, 0.15) is 6.79 Å². The van der Waals surface area contributed by atoms with E-state index in [2.05, 4.69) is 0 Å². The molecule has 3 nitrogen and oxygen atoms in total. The summed E-state index contributed by atoms with van der Waals surface area (Å²) in [5.41, 5.74) is 0. The molecule has 0 aliphatic heterocycles. The molecule has 0 radical (unpaired) electrons. The molecule has 4 heteroatoms. The summed E-state index contributed by atoms with van der Waals surface area (Å²) in [4.78, 5) is 8.62. The average Bonchev–Trinajstić information content (AvgIpc) is 1.66. The highest BCUT2D eigenvalue weighted by molar-refractivity contribution is 6.40. The molecule has 0 amide bonds. The van der Waals surface area contributed by atoms with Gasteiger partial charge in [0, 0.05) is 6.61 Å². The summed E-state index contributed by atoms with van der Waals surface area (Å²) in [5, 5.41) is 0. The molecule has 0 saturated heterocycles. The minimum absolute atomic E-state index is 0.236. The van der Waals surface area contributed by atoms with Gasteiger partial charge in [-0.2, -0.15) is 0 Å². The van der Waals surface area contributed by atoms with Crippen LogP contribution < -0.4 is 0 Å². The van der Waals surface area contributed by atoms with Gasteiger partial charge in [0.25, 0.3) is 0 Å². The van der Waals surface area contributed by atoms with E-state index in [4.69, 9.17) is 14.0 Å². The topological polar surface area (TPSA) is 38.7 Å². The Hall–Kier alpha value is 0.0969. The second-order valence-electron chi connectivity index (χ2n) is 1.38. The monoisotopic (exact) mass is 136 g/mol. The van der Waals surface area contributed by atoms with E-state index in [0.717, 1.165) is 0 Å². The molecular weight excluding hydrogens is 124 g/mol. The molecule has 0 spiro atoms. The van der Waals surface area contributed by atoms with Crippen molar-refractivity contribution in [3.05, 3.63) is 0 Å². The van der Waals surface area contributed by atoms with Crippen LogP contribution in [0.3, 0.4) is 0 Å². The highest BCUT2D eigenvalue weighted by atomic mass is 28.3. The standard InChI is InChI=1S/C4H12O3Si/c1-3-6-4-7-8(2)5/h5,8H,3-4H2,1-2H3. The minimum atomic E-state index is -1.83. The van der Waals surface area contributed by atoms with Crippen molar-refractivity contribution in [2.45, 2.75) is 13.5 Å². The Morgan fingerprint density at radius 3 is 2.62 bits per heavy atom. The van der Waals surface area contributed by atoms with Gasteiger partial charge in [-0.1, -0.05) is 0 Å². The zero-order valence-corrected chi connectivity index (χ0v) is 6.41. The summed E-state index contributed by atoms with van der Waals surface area (Å²) in [6.45, 7) is 4.44. The Kier molecular flexibility index (Phi) is 5.30. The van der Waals surface area contributed by atoms with Crippen LogP contribution in [0.1, 0.15) is 6.92 Å². The van der Waals surface area contributed by atoms with Gasteiger partial charge in [-0.05, 0) is 13.5 Å². The first-order chi connectivity index (χ1) is 3.77. The lowest BCUT2D eigenvalue weighted by atomic mass is 10.9. The van der Waals surface area contributed by atoms with Crippen molar-refractivity contribution in [2.75, 3.05) is 13.4 Å². The van der Waals surface area contributed by atoms with Crippen LogP contribution in [-0.2, 0) is 9.16 Å². The molecular formula is C4H12O3Si. The van der Waals surface area contributed by atoms with Crippen LogP contribution in [0.5, 0.6) is 0 Å². The molecule has 0 bridgehead atoms. The Morgan fingerprint density at radius 1 is 1.62 bits per heavy atom. The average molecular weight is 136 g/mol. The Morgan fingerprint density at radius 2 is 2.25 bits per heavy atom. The van der Waals surface area contributed by atoms with E-state index in [1.54, 1.807) is 6.55 Å². The van der Waals surface area contributed by atoms with Gasteiger partial charge in [0.15, 0.2) is 0 Å². The van der Waals surface area contributed by atoms with Crippen LogP contribution in [0.2, 0.25) is 6.55 Å². The fourth-order valence-corrected chi connectivity index (χ4v) is 0.523. The lowest BCUT2D eigenvalue weighted by molar-refractivity contribution is 0.0110. The highest BCUT2D eigenvalue weighted by Crippen LogP contribution is 1.79. The molecule has 0 aromatic rings. The molecule has 1 atom stereocenters. The van der Waals surface area contributed by atoms with Gasteiger partial charge >= 0.3 is 9.28 Å². The molecule has 0 aliphatic rings. The number of hydrogen-bond donors (Lipinski definition) is 1. The van der Waals surface area contributed by atoms with Gasteiger partial charge in [0.05, 0.1) is 0 Å². The van der Waals surface area contributed by atoms with E-state index >= 15 is 0 Å². The largest absolute Gasteiger partial charge is 0.413 e. The normalized spacial score (nSPS) is 13.9. The molecule has 0 saturated carbocycles. The zero-order valence-electron chi connectivity index (χ0n) is 5.26. The van der Waals surface area contributed by atoms with Gasteiger partial charge in [0.2, 0.25) is 0 Å². The summed E-state index contributed by atoms with van der Waals surface area (Å²) in [6.07, 6.45) is 0. The van der Waals surface area contributed by atoms with Crippen LogP contribution in [0.15, 0.2) is 0 Å². The molecule has 0 aromatic carbocycles. The third kappa shape index (κ3) is 6.10. The second-order valence-corrected chi connectivity index (χ2v) is 2.91. The molecule has 0 aromatic heterocycles. The van der Waals surface area contributed by atoms with Crippen molar-refractivity contribution in [1.29, 1.82) is 0 Å². The van der Waals surface area contributed by atoms with Crippen molar-refractivity contribution in [3.63, 3.8) is 0 Å². The molecule has 0 aliphatic carbocycles. The summed E-state index contributed by atoms with van der Waals surface area (Å²) in [6, 6.07) is 0. The maximum atomic E-state index is 8.62. The van der Waals surface area contributed by atoms with Crippen molar-refractivity contribution >= 4 is 9.28 Å². The van der Waals surface area contributed by atoms with Crippen LogP contribution in [0, 0.1) is 0 Å². The van der Waals surface area contributed by atoms with Crippen molar-refractivity contribution in [1.82, 2.24) is 0 Å². The first kappa shape index (κ1) is 8.10. The van der Waals surface area contributed by atoms with E-state index in [0.29, 0.717) is 6.61 Å². The lowest BCUT2D eigenvalue weighted by Gasteiger charge is -2.03. The van der Waals surface area contributed by atoms with Crippen LogP contribution in [-0.4, -0.2) is 27.5 Å². The van der Waals surface area contributed by atoms with Crippen LogP contribution in [0.4, 0.5) is 0 Å². The minimum Gasteiger partial charge on any atom is -0.413 e. The van der Waals surface area contributed by atoms with Gasteiger partial charge < -0.3 is 14.0 Å². The zero-order chi connectivity index (χ0) is 6.41. The molecule has 0 rings (SSSR count). The van der Waals surface area contributed by atoms with E-state index in [-0.39, 0.29) is 6.79 Å². The Labute approximate surface area is 51.1 Å². The summed E-state index contributed by atoms with van der Waals surface area (Å²) in [5.74, 6) is 0. The first-order valence-electron chi connectivity index (χ1n) is 2.64. The molecule has 0 fully saturated rings. The predicted molar refractivity (Wildman–Crippen MR) is 32.8 cm³/mol. The van der Waals surface area contributed by atoms with Gasteiger partial charge in [-0.25, -0.2) is 0 Å². The Balaban J connectivity index is 2.72. The van der Waals surface area contributed by atoms with Gasteiger partial charge in [-0.15, -0.1) is 0 Å². The predicted octanol–water partition coefficient (Wildman–Crippen LogP) is -0.160. The molecule has 0 heterocycles.